The Labute approximate surface area is 130 Å². The Kier molecular flexibility index (Phi) is 4.05. The second-order valence-corrected chi connectivity index (χ2v) is 8.57. The van der Waals surface area contributed by atoms with Crippen LogP contribution in [0.1, 0.15) is 71.6 Å². The molecule has 0 spiro atoms. The number of nitrogens with zero attached hydrogens (tertiary/aromatic N) is 2. The van der Waals surface area contributed by atoms with Gasteiger partial charge in [-0.15, -0.1) is 0 Å². The van der Waals surface area contributed by atoms with Gasteiger partial charge < -0.3 is 4.90 Å². The van der Waals surface area contributed by atoms with Crippen LogP contribution in [0.25, 0.3) is 0 Å². The standard InChI is InChI=1S/C18H31N3/c1-17(2)9-6-15(7-10-17)21(3)16-8-11-18(12-16,13-19)20-14-4-5-14/h14-16,20H,4-12H2,1-3H3. The highest BCUT2D eigenvalue weighted by molar-refractivity contribution is 5.15. The van der Waals surface area contributed by atoms with Crippen molar-refractivity contribution >= 4 is 0 Å². The van der Waals surface area contributed by atoms with Crippen molar-refractivity contribution < 1.29 is 0 Å². The minimum absolute atomic E-state index is 0.228. The molecule has 0 saturated heterocycles. The maximum Gasteiger partial charge on any atom is 0.108 e. The predicted octanol–water partition coefficient (Wildman–Crippen LogP) is 3.45. The summed E-state index contributed by atoms with van der Waals surface area (Å²) in [6.45, 7) is 4.80. The van der Waals surface area contributed by atoms with Crippen molar-refractivity contribution in [2.24, 2.45) is 5.41 Å². The lowest BCUT2D eigenvalue weighted by atomic mass is 9.75. The molecule has 2 atom stereocenters. The van der Waals surface area contributed by atoms with E-state index in [0.29, 0.717) is 17.5 Å². The van der Waals surface area contributed by atoms with Crippen molar-refractivity contribution in [3.05, 3.63) is 0 Å². The summed E-state index contributed by atoms with van der Waals surface area (Å²) >= 11 is 0. The summed E-state index contributed by atoms with van der Waals surface area (Å²) in [6.07, 6.45) is 11.1. The number of hydrogen-bond acceptors (Lipinski definition) is 3. The number of nitriles is 1. The van der Waals surface area contributed by atoms with Gasteiger partial charge in [-0.1, -0.05) is 13.8 Å². The van der Waals surface area contributed by atoms with E-state index in [1.54, 1.807) is 0 Å². The summed E-state index contributed by atoms with van der Waals surface area (Å²) in [5.74, 6) is 0. The molecule has 3 heteroatoms. The van der Waals surface area contributed by atoms with Crippen LogP contribution in [0.5, 0.6) is 0 Å². The Morgan fingerprint density at radius 1 is 1.00 bits per heavy atom. The van der Waals surface area contributed by atoms with Crippen LogP contribution in [0.4, 0.5) is 0 Å². The molecule has 118 valence electrons. The minimum atomic E-state index is -0.228. The molecule has 21 heavy (non-hydrogen) atoms. The van der Waals surface area contributed by atoms with Gasteiger partial charge in [0.05, 0.1) is 6.07 Å². The van der Waals surface area contributed by atoms with E-state index in [1.807, 2.05) is 0 Å². The van der Waals surface area contributed by atoms with E-state index in [0.717, 1.165) is 18.9 Å². The molecule has 3 fully saturated rings. The fourth-order valence-electron chi connectivity index (χ4n) is 4.34. The van der Waals surface area contributed by atoms with Gasteiger partial charge >= 0.3 is 0 Å². The minimum Gasteiger partial charge on any atom is -0.300 e. The first-order chi connectivity index (χ1) is 9.93. The van der Waals surface area contributed by atoms with Crippen LogP contribution in [0.15, 0.2) is 0 Å². The van der Waals surface area contributed by atoms with E-state index in [9.17, 15) is 5.26 Å². The number of hydrogen-bond donors (Lipinski definition) is 1. The molecule has 3 nitrogen and oxygen atoms in total. The van der Waals surface area contributed by atoms with Crippen LogP contribution in [0.3, 0.4) is 0 Å². The molecule has 3 saturated carbocycles. The second kappa shape index (κ2) is 5.56. The topological polar surface area (TPSA) is 39.1 Å². The van der Waals surface area contributed by atoms with Crippen LogP contribution >= 0.6 is 0 Å². The number of rotatable bonds is 4. The zero-order chi connectivity index (χ0) is 15.1. The molecule has 0 bridgehead atoms. The van der Waals surface area contributed by atoms with E-state index in [-0.39, 0.29) is 5.54 Å². The Morgan fingerprint density at radius 2 is 1.62 bits per heavy atom. The van der Waals surface area contributed by atoms with Crippen LogP contribution in [-0.4, -0.2) is 35.6 Å². The molecule has 3 rings (SSSR count). The molecular formula is C18H31N3. The highest BCUT2D eigenvalue weighted by Crippen LogP contribution is 2.40. The summed E-state index contributed by atoms with van der Waals surface area (Å²) in [7, 11) is 2.30. The van der Waals surface area contributed by atoms with E-state index >= 15 is 0 Å². The Balaban J connectivity index is 1.56. The van der Waals surface area contributed by atoms with Crippen LogP contribution in [0, 0.1) is 16.7 Å². The monoisotopic (exact) mass is 289 g/mol. The van der Waals surface area contributed by atoms with Crippen molar-refractivity contribution in [1.82, 2.24) is 10.2 Å². The molecule has 0 aliphatic heterocycles. The van der Waals surface area contributed by atoms with Crippen LogP contribution in [-0.2, 0) is 0 Å². The average Bonchev–Trinajstić information content (AvgIpc) is 3.15. The molecular weight excluding hydrogens is 258 g/mol. The van der Waals surface area contributed by atoms with Gasteiger partial charge in [0.15, 0.2) is 0 Å². The van der Waals surface area contributed by atoms with Crippen molar-refractivity contribution in [2.45, 2.75) is 95.3 Å². The molecule has 0 amide bonds. The maximum absolute atomic E-state index is 9.64. The van der Waals surface area contributed by atoms with Crippen LogP contribution < -0.4 is 5.32 Å². The Hall–Kier alpha value is -0.590. The van der Waals surface area contributed by atoms with Gasteiger partial charge in [0, 0.05) is 18.1 Å². The predicted molar refractivity (Wildman–Crippen MR) is 85.9 cm³/mol. The molecule has 3 aliphatic rings. The normalized spacial score (nSPS) is 36.8. The van der Waals surface area contributed by atoms with E-state index in [4.69, 9.17) is 0 Å². The van der Waals surface area contributed by atoms with Gasteiger partial charge in [0.2, 0.25) is 0 Å². The molecule has 0 aromatic rings. The van der Waals surface area contributed by atoms with E-state index in [2.05, 4.69) is 37.2 Å². The summed E-state index contributed by atoms with van der Waals surface area (Å²) < 4.78 is 0. The fraction of sp³-hybridized carbons (Fsp3) is 0.944. The van der Waals surface area contributed by atoms with Crippen molar-refractivity contribution in [1.29, 1.82) is 5.26 Å². The SMILES string of the molecule is CN(C1CCC(C)(C)CC1)C1CCC(C#N)(NC2CC2)C1. The molecule has 0 aromatic heterocycles. The maximum atomic E-state index is 9.64. The smallest absolute Gasteiger partial charge is 0.108 e. The molecule has 0 aromatic carbocycles. The first-order valence-corrected chi connectivity index (χ1v) is 8.84. The zero-order valence-corrected chi connectivity index (χ0v) is 14.0. The lowest BCUT2D eigenvalue weighted by Gasteiger charge is -2.41. The third-order valence-electron chi connectivity index (χ3n) is 6.22. The highest BCUT2D eigenvalue weighted by atomic mass is 15.2. The summed E-state index contributed by atoms with van der Waals surface area (Å²) in [5, 5.41) is 13.3. The van der Waals surface area contributed by atoms with Gasteiger partial charge in [-0.05, 0) is 70.3 Å². The van der Waals surface area contributed by atoms with Crippen LogP contribution in [0.2, 0.25) is 0 Å². The molecule has 1 N–H and O–H groups in total. The van der Waals surface area contributed by atoms with Gasteiger partial charge in [0.25, 0.3) is 0 Å². The van der Waals surface area contributed by atoms with Crippen molar-refractivity contribution in [3.63, 3.8) is 0 Å². The highest BCUT2D eigenvalue weighted by Gasteiger charge is 2.45. The summed E-state index contributed by atoms with van der Waals surface area (Å²) in [5.41, 5.74) is 0.311. The zero-order valence-electron chi connectivity index (χ0n) is 14.0. The quantitative estimate of drug-likeness (QED) is 0.861. The largest absolute Gasteiger partial charge is 0.300 e. The van der Waals surface area contributed by atoms with E-state index < -0.39 is 0 Å². The summed E-state index contributed by atoms with van der Waals surface area (Å²) in [4.78, 5) is 2.61. The molecule has 2 unspecified atom stereocenters. The molecule has 0 heterocycles. The number of nitrogens with one attached hydrogen (secondary N) is 1. The molecule has 3 aliphatic carbocycles. The van der Waals surface area contributed by atoms with Gasteiger partial charge in [-0.25, -0.2) is 0 Å². The second-order valence-electron chi connectivity index (χ2n) is 8.57. The fourth-order valence-corrected chi connectivity index (χ4v) is 4.34. The third kappa shape index (κ3) is 3.43. The Morgan fingerprint density at radius 3 is 2.19 bits per heavy atom. The van der Waals surface area contributed by atoms with Crippen molar-refractivity contribution in [2.75, 3.05) is 7.05 Å². The summed E-state index contributed by atoms with van der Waals surface area (Å²) in [6, 6.07) is 4.57. The Bertz CT molecular complexity index is 411. The third-order valence-corrected chi connectivity index (χ3v) is 6.22. The van der Waals surface area contributed by atoms with Gasteiger partial charge in [-0.3, -0.25) is 5.32 Å². The first kappa shape index (κ1) is 15.3. The van der Waals surface area contributed by atoms with Gasteiger partial charge in [0.1, 0.15) is 5.54 Å². The first-order valence-electron chi connectivity index (χ1n) is 8.84. The van der Waals surface area contributed by atoms with Gasteiger partial charge in [-0.2, -0.15) is 5.26 Å². The van der Waals surface area contributed by atoms with Crippen molar-refractivity contribution in [3.8, 4) is 6.07 Å². The average molecular weight is 289 g/mol. The lowest BCUT2D eigenvalue weighted by molar-refractivity contribution is 0.0939. The molecule has 0 radical (unpaired) electrons. The lowest BCUT2D eigenvalue weighted by Crippen LogP contribution is -2.47. The van der Waals surface area contributed by atoms with E-state index in [1.165, 1.54) is 44.9 Å².